The van der Waals surface area contributed by atoms with Gasteiger partial charge in [-0.15, -0.1) is 0 Å². The van der Waals surface area contributed by atoms with E-state index in [0.29, 0.717) is 11.5 Å². The minimum atomic E-state index is -0.995. The lowest BCUT2D eigenvalue weighted by Gasteiger charge is -2.12. The van der Waals surface area contributed by atoms with Crippen LogP contribution in [0.3, 0.4) is 0 Å². The molecular formula is C16H20O3S. The van der Waals surface area contributed by atoms with Crippen LogP contribution in [0.4, 0.5) is 0 Å². The summed E-state index contributed by atoms with van der Waals surface area (Å²) in [5, 5.41) is 0. The van der Waals surface area contributed by atoms with Crippen LogP contribution in [0.1, 0.15) is 36.8 Å². The quantitative estimate of drug-likeness (QED) is 0.783. The molecule has 2 rings (SSSR count). The van der Waals surface area contributed by atoms with Crippen LogP contribution in [-0.4, -0.2) is 27.3 Å². The second-order valence-electron chi connectivity index (χ2n) is 5.37. The summed E-state index contributed by atoms with van der Waals surface area (Å²) in [6, 6.07) is 7.52. The van der Waals surface area contributed by atoms with Crippen molar-refractivity contribution in [1.29, 1.82) is 0 Å². The van der Waals surface area contributed by atoms with Crippen molar-refractivity contribution < 1.29 is 13.8 Å². The maximum absolute atomic E-state index is 12.5. The van der Waals surface area contributed by atoms with Crippen molar-refractivity contribution in [3.8, 4) is 0 Å². The number of aryl methyl sites for hydroxylation is 1. The summed E-state index contributed by atoms with van der Waals surface area (Å²) in [4.78, 5) is 24.6. The van der Waals surface area contributed by atoms with Crippen LogP contribution in [0, 0.1) is 12.8 Å². The van der Waals surface area contributed by atoms with Gasteiger partial charge in [-0.2, -0.15) is 0 Å². The van der Waals surface area contributed by atoms with Gasteiger partial charge in [0.25, 0.3) is 0 Å². The van der Waals surface area contributed by atoms with Crippen LogP contribution in [0.5, 0.6) is 0 Å². The summed E-state index contributed by atoms with van der Waals surface area (Å²) >= 11 is 0. The summed E-state index contributed by atoms with van der Waals surface area (Å²) in [7, 11) is -0.995. The normalized spacial score (nSPS) is 24.1. The van der Waals surface area contributed by atoms with E-state index in [0.717, 1.165) is 17.5 Å². The second kappa shape index (κ2) is 6.44. The first kappa shape index (κ1) is 15.1. The number of rotatable bonds is 5. The Hall–Kier alpha value is -1.29. The predicted molar refractivity (Wildman–Crippen MR) is 80.2 cm³/mol. The molecule has 108 valence electrons. The molecule has 0 N–H and O–H groups in total. The lowest BCUT2D eigenvalue weighted by atomic mass is 9.91. The molecular weight excluding hydrogens is 272 g/mol. The van der Waals surface area contributed by atoms with Gasteiger partial charge in [0.15, 0.2) is 5.78 Å². The highest BCUT2D eigenvalue weighted by molar-refractivity contribution is 7.85. The van der Waals surface area contributed by atoms with Crippen LogP contribution in [0.15, 0.2) is 24.3 Å². The highest BCUT2D eigenvalue weighted by atomic mass is 32.2. The molecule has 1 aromatic rings. The number of Topliss-reactive ketones (excluding diaryl/α,β-unsaturated/α-hetero) is 2. The largest absolute Gasteiger partial charge is 0.298 e. The van der Waals surface area contributed by atoms with E-state index in [2.05, 4.69) is 0 Å². The number of carbonyl (C=O) groups excluding carboxylic acids is 2. The molecule has 20 heavy (non-hydrogen) atoms. The molecule has 0 radical (unpaired) electrons. The standard InChI is InChI=1S/C16H20O3S/c1-3-8-20(19)10-12-9-14(17)15(16(12)18)13-7-5-4-6-11(13)2/h4-7,12,15H,3,8-10H2,1-2H3. The Balaban J connectivity index is 2.17. The average Bonchev–Trinajstić information content (AvgIpc) is 2.66. The average molecular weight is 292 g/mol. The molecule has 4 heteroatoms. The van der Waals surface area contributed by atoms with Gasteiger partial charge in [-0.25, -0.2) is 0 Å². The molecule has 0 bridgehead atoms. The number of benzene rings is 1. The maximum Gasteiger partial charge on any atom is 0.152 e. The van der Waals surface area contributed by atoms with E-state index >= 15 is 0 Å². The first-order valence-corrected chi connectivity index (χ1v) is 8.50. The zero-order valence-corrected chi connectivity index (χ0v) is 12.7. The Morgan fingerprint density at radius 2 is 1.95 bits per heavy atom. The highest BCUT2D eigenvalue weighted by Gasteiger charge is 2.42. The minimum Gasteiger partial charge on any atom is -0.298 e. The fourth-order valence-electron chi connectivity index (χ4n) is 2.77. The van der Waals surface area contributed by atoms with Crippen LogP contribution >= 0.6 is 0 Å². The molecule has 1 fully saturated rings. The Morgan fingerprint density at radius 3 is 2.60 bits per heavy atom. The van der Waals surface area contributed by atoms with E-state index in [1.807, 2.05) is 38.1 Å². The molecule has 0 aromatic heterocycles. The molecule has 0 heterocycles. The fourth-order valence-corrected chi connectivity index (χ4v) is 4.12. The molecule has 3 atom stereocenters. The number of ketones is 2. The molecule has 0 saturated heterocycles. The maximum atomic E-state index is 12.5. The molecule has 1 aromatic carbocycles. The summed E-state index contributed by atoms with van der Waals surface area (Å²) in [5.41, 5.74) is 1.78. The Bertz CT molecular complexity index is 550. The molecule has 0 amide bonds. The topological polar surface area (TPSA) is 51.2 Å². The summed E-state index contributed by atoms with van der Waals surface area (Å²) in [5.74, 6) is -0.135. The minimum absolute atomic E-state index is 0.0252. The van der Waals surface area contributed by atoms with Crippen molar-refractivity contribution in [3.63, 3.8) is 0 Å². The van der Waals surface area contributed by atoms with Gasteiger partial charge in [0.05, 0.1) is 0 Å². The van der Waals surface area contributed by atoms with E-state index in [1.165, 1.54) is 0 Å². The van der Waals surface area contributed by atoms with E-state index in [4.69, 9.17) is 0 Å². The van der Waals surface area contributed by atoms with Crippen molar-refractivity contribution in [3.05, 3.63) is 35.4 Å². The lowest BCUT2D eigenvalue weighted by molar-refractivity contribution is -0.124. The van der Waals surface area contributed by atoms with Gasteiger partial charge in [-0.3, -0.25) is 13.8 Å². The molecule has 0 aliphatic heterocycles. The Morgan fingerprint density at radius 1 is 1.25 bits per heavy atom. The van der Waals surface area contributed by atoms with Gasteiger partial charge < -0.3 is 0 Å². The van der Waals surface area contributed by atoms with Crippen molar-refractivity contribution >= 4 is 22.4 Å². The SMILES string of the molecule is CCCS(=O)CC1CC(=O)C(c2ccccc2C)C1=O. The third-order valence-corrected chi connectivity index (χ3v) is 5.41. The van der Waals surface area contributed by atoms with E-state index in [1.54, 1.807) is 0 Å². The smallest absolute Gasteiger partial charge is 0.152 e. The molecule has 0 spiro atoms. The lowest BCUT2D eigenvalue weighted by Crippen LogP contribution is -2.20. The molecule has 3 unspecified atom stereocenters. The van der Waals surface area contributed by atoms with Gasteiger partial charge in [0.2, 0.25) is 0 Å². The third-order valence-electron chi connectivity index (χ3n) is 3.77. The molecule has 1 aliphatic carbocycles. The monoisotopic (exact) mass is 292 g/mol. The summed E-state index contributed by atoms with van der Waals surface area (Å²) < 4.78 is 11.8. The van der Waals surface area contributed by atoms with Crippen molar-refractivity contribution in [1.82, 2.24) is 0 Å². The second-order valence-corrected chi connectivity index (χ2v) is 6.99. The molecule has 3 nitrogen and oxygen atoms in total. The fraction of sp³-hybridized carbons (Fsp3) is 0.500. The van der Waals surface area contributed by atoms with Gasteiger partial charge in [0, 0.05) is 34.6 Å². The zero-order valence-electron chi connectivity index (χ0n) is 11.9. The predicted octanol–water partition coefficient (Wildman–Crippen LogP) is 2.40. The highest BCUT2D eigenvalue weighted by Crippen LogP contribution is 2.34. The molecule has 1 saturated carbocycles. The number of hydrogen-bond acceptors (Lipinski definition) is 3. The summed E-state index contributed by atoms with van der Waals surface area (Å²) in [6.45, 7) is 3.88. The van der Waals surface area contributed by atoms with Crippen LogP contribution in [-0.2, 0) is 20.4 Å². The van der Waals surface area contributed by atoms with Crippen LogP contribution < -0.4 is 0 Å². The first-order valence-electron chi connectivity index (χ1n) is 7.01. The van der Waals surface area contributed by atoms with Crippen LogP contribution in [0.25, 0.3) is 0 Å². The van der Waals surface area contributed by atoms with Gasteiger partial charge in [0.1, 0.15) is 11.7 Å². The Labute approximate surface area is 122 Å². The first-order chi connectivity index (χ1) is 9.54. The Kier molecular flexibility index (Phi) is 4.86. The van der Waals surface area contributed by atoms with Gasteiger partial charge in [-0.05, 0) is 24.5 Å². The number of carbonyl (C=O) groups is 2. The van der Waals surface area contributed by atoms with Crippen molar-refractivity contribution in [2.75, 3.05) is 11.5 Å². The molecule has 1 aliphatic rings. The van der Waals surface area contributed by atoms with Gasteiger partial charge >= 0.3 is 0 Å². The van der Waals surface area contributed by atoms with Crippen molar-refractivity contribution in [2.45, 2.75) is 32.6 Å². The van der Waals surface area contributed by atoms with E-state index in [-0.39, 0.29) is 23.9 Å². The third kappa shape index (κ3) is 3.06. The summed E-state index contributed by atoms with van der Waals surface area (Å²) in [6.07, 6.45) is 1.08. The van der Waals surface area contributed by atoms with Gasteiger partial charge in [-0.1, -0.05) is 31.2 Å². The van der Waals surface area contributed by atoms with Crippen molar-refractivity contribution in [2.24, 2.45) is 5.92 Å². The van der Waals surface area contributed by atoms with E-state index < -0.39 is 16.7 Å². The van der Waals surface area contributed by atoms with E-state index in [9.17, 15) is 13.8 Å². The number of hydrogen-bond donors (Lipinski definition) is 0. The zero-order chi connectivity index (χ0) is 14.7. The van der Waals surface area contributed by atoms with Crippen LogP contribution in [0.2, 0.25) is 0 Å².